The van der Waals surface area contributed by atoms with Crippen molar-refractivity contribution in [1.82, 2.24) is 9.78 Å². The molecule has 3 aromatic rings. The summed E-state index contributed by atoms with van der Waals surface area (Å²) in [6, 6.07) is 16.2. The van der Waals surface area contributed by atoms with Crippen LogP contribution >= 0.6 is 0 Å². The number of hydrogen-bond acceptors (Lipinski definition) is 2. The summed E-state index contributed by atoms with van der Waals surface area (Å²) in [5, 5.41) is 4.38. The second-order valence-corrected chi connectivity index (χ2v) is 4.22. The van der Waals surface area contributed by atoms with Crippen molar-refractivity contribution >= 4 is 5.69 Å². The number of hydrogen-bond donors (Lipinski definition) is 1. The molecule has 19 heavy (non-hydrogen) atoms. The monoisotopic (exact) mass is 253 g/mol. The molecule has 2 N–H and O–H groups in total. The van der Waals surface area contributed by atoms with Gasteiger partial charge >= 0.3 is 0 Å². The van der Waals surface area contributed by atoms with Gasteiger partial charge in [-0.25, -0.2) is 9.07 Å². The predicted octanol–water partition coefficient (Wildman–Crippen LogP) is 3.26. The highest BCUT2D eigenvalue weighted by Crippen LogP contribution is 2.20. The largest absolute Gasteiger partial charge is 0.399 e. The van der Waals surface area contributed by atoms with Crippen LogP contribution in [0, 0.1) is 5.82 Å². The molecular formula is C15H12FN3. The van der Waals surface area contributed by atoms with Crippen LogP contribution in [0.5, 0.6) is 0 Å². The minimum atomic E-state index is -0.386. The van der Waals surface area contributed by atoms with Crippen LogP contribution in [0.1, 0.15) is 0 Å². The summed E-state index contributed by atoms with van der Waals surface area (Å²) in [5.74, 6) is -0.386. The molecule has 3 rings (SSSR count). The van der Waals surface area contributed by atoms with Crippen molar-refractivity contribution in [3.8, 4) is 16.9 Å². The van der Waals surface area contributed by atoms with Crippen molar-refractivity contribution in [3.05, 3.63) is 66.6 Å². The SMILES string of the molecule is Nc1ccc(-n2ccc(-c3ccccc3)n2)c(F)c1. The summed E-state index contributed by atoms with van der Waals surface area (Å²) in [6.45, 7) is 0. The third-order valence-electron chi connectivity index (χ3n) is 2.88. The summed E-state index contributed by atoms with van der Waals surface area (Å²) >= 11 is 0. The molecule has 2 aromatic carbocycles. The zero-order valence-corrected chi connectivity index (χ0v) is 10.1. The molecule has 0 bridgehead atoms. The van der Waals surface area contributed by atoms with Crippen LogP contribution in [-0.2, 0) is 0 Å². The summed E-state index contributed by atoms with van der Waals surface area (Å²) in [7, 11) is 0. The average molecular weight is 253 g/mol. The lowest BCUT2D eigenvalue weighted by Gasteiger charge is -2.04. The van der Waals surface area contributed by atoms with Gasteiger partial charge in [0.15, 0.2) is 5.82 Å². The number of aromatic nitrogens is 2. The second kappa shape index (κ2) is 4.57. The maximum atomic E-state index is 13.8. The quantitative estimate of drug-likeness (QED) is 0.712. The molecule has 0 atom stereocenters. The van der Waals surface area contributed by atoms with Crippen molar-refractivity contribution in [1.29, 1.82) is 0 Å². The van der Waals surface area contributed by atoms with Crippen molar-refractivity contribution < 1.29 is 4.39 Å². The van der Waals surface area contributed by atoms with Gasteiger partial charge in [-0.2, -0.15) is 5.10 Å². The molecule has 0 saturated carbocycles. The van der Waals surface area contributed by atoms with E-state index in [0.29, 0.717) is 11.4 Å². The zero-order valence-electron chi connectivity index (χ0n) is 10.1. The predicted molar refractivity (Wildman–Crippen MR) is 73.4 cm³/mol. The molecule has 0 aliphatic rings. The minimum absolute atomic E-state index is 0.386. The molecule has 0 saturated heterocycles. The molecule has 0 fully saturated rings. The van der Waals surface area contributed by atoms with Gasteiger partial charge in [0, 0.05) is 17.4 Å². The van der Waals surface area contributed by atoms with Crippen LogP contribution in [0.4, 0.5) is 10.1 Å². The number of benzene rings is 2. The molecule has 0 aliphatic heterocycles. The molecule has 0 amide bonds. The Balaban J connectivity index is 2.02. The zero-order chi connectivity index (χ0) is 13.2. The summed E-state index contributed by atoms with van der Waals surface area (Å²) in [5.41, 5.74) is 8.12. The Morgan fingerprint density at radius 1 is 1.00 bits per heavy atom. The molecule has 3 nitrogen and oxygen atoms in total. The lowest BCUT2D eigenvalue weighted by Crippen LogP contribution is -1.99. The lowest BCUT2D eigenvalue weighted by atomic mass is 10.2. The topological polar surface area (TPSA) is 43.8 Å². The summed E-state index contributed by atoms with van der Waals surface area (Å²) < 4.78 is 15.3. The summed E-state index contributed by atoms with van der Waals surface area (Å²) in [6.07, 6.45) is 1.73. The molecule has 1 heterocycles. The first-order valence-electron chi connectivity index (χ1n) is 5.90. The van der Waals surface area contributed by atoms with Gasteiger partial charge in [-0.15, -0.1) is 0 Å². The molecule has 0 unspecified atom stereocenters. The van der Waals surface area contributed by atoms with Crippen molar-refractivity contribution in [3.63, 3.8) is 0 Å². The number of nitrogen functional groups attached to an aromatic ring is 1. The first-order chi connectivity index (χ1) is 9.24. The van der Waals surface area contributed by atoms with Gasteiger partial charge in [-0.05, 0) is 24.3 Å². The number of nitrogens with two attached hydrogens (primary N) is 1. The first-order valence-corrected chi connectivity index (χ1v) is 5.90. The second-order valence-electron chi connectivity index (χ2n) is 4.22. The Hall–Kier alpha value is -2.62. The van der Waals surface area contributed by atoms with Crippen molar-refractivity contribution in [2.24, 2.45) is 0 Å². The van der Waals surface area contributed by atoms with Crippen LogP contribution < -0.4 is 5.73 Å². The van der Waals surface area contributed by atoms with Crippen LogP contribution in [-0.4, -0.2) is 9.78 Å². The standard InChI is InChI=1S/C15H12FN3/c16-13-10-12(17)6-7-15(13)19-9-8-14(18-19)11-4-2-1-3-5-11/h1-10H,17H2. The normalized spacial score (nSPS) is 10.6. The first kappa shape index (κ1) is 11.5. The fourth-order valence-corrected chi connectivity index (χ4v) is 1.93. The maximum absolute atomic E-state index is 13.8. The van der Waals surface area contributed by atoms with Gasteiger partial charge in [0.1, 0.15) is 5.69 Å². The molecule has 0 spiro atoms. The smallest absolute Gasteiger partial charge is 0.150 e. The van der Waals surface area contributed by atoms with Crippen LogP contribution in [0.2, 0.25) is 0 Å². The fraction of sp³-hybridized carbons (Fsp3) is 0. The van der Waals surface area contributed by atoms with Gasteiger partial charge in [0.05, 0.1) is 5.69 Å². The van der Waals surface area contributed by atoms with E-state index in [2.05, 4.69) is 5.10 Å². The number of rotatable bonds is 2. The van der Waals surface area contributed by atoms with Crippen LogP contribution in [0.15, 0.2) is 60.8 Å². The minimum Gasteiger partial charge on any atom is -0.399 e. The van der Waals surface area contributed by atoms with Gasteiger partial charge in [-0.3, -0.25) is 0 Å². The third kappa shape index (κ3) is 2.20. The lowest BCUT2D eigenvalue weighted by molar-refractivity contribution is 0.612. The van der Waals surface area contributed by atoms with Crippen molar-refractivity contribution in [2.45, 2.75) is 0 Å². The fourth-order valence-electron chi connectivity index (χ4n) is 1.93. The van der Waals surface area contributed by atoms with E-state index in [1.54, 1.807) is 18.3 Å². The Labute approximate surface area is 110 Å². The summed E-state index contributed by atoms with van der Waals surface area (Å²) in [4.78, 5) is 0. The van der Waals surface area contributed by atoms with E-state index in [1.165, 1.54) is 10.7 Å². The van der Waals surface area contributed by atoms with E-state index >= 15 is 0 Å². The maximum Gasteiger partial charge on any atom is 0.150 e. The van der Waals surface area contributed by atoms with Crippen molar-refractivity contribution in [2.75, 3.05) is 5.73 Å². The Kier molecular flexibility index (Phi) is 2.76. The Morgan fingerprint density at radius 2 is 1.79 bits per heavy atom. The van der Waals surface area contributed by atoms with E-state index in [4.69, 9.17) is 5.73 Å². The van der Waals surface area contributed by atoms with Crippen LogP contribution in [0.25, 0.3) is 16.9 Å². The highest BCUT2D eigenvalue weighted by molar-refractivity contribution is 5.58. The highest BCUT2D eigenvalue weighted by atomic mass is 19.1. The van der Waals surface area contributed by atoms with Gasteiger partial charge in [0.2, 0.25) is 0 Å². The van der Waals surface area contributed by atoms with Gasteiger partial charge < -0.3 is 5.73 Å². The third-order valence-corrected chi connectivity index (χ3v) is 2.88. The van der Waals surface area contributed by atoms with E-state index in [9.17, 15) is 4.39 Å². The molecule has 0 aliphatic carbocycles. The highest BCUT2D eigenvalue weighted by Gasteiger charge is 2.07. The van der Waals surface area contributed by atoms with Crippen LogP contribution in [0.3, 0.4) is 0 Å². The molecule has 94 valence electrons. The molecular weight excluding hydrogens is 241 g/mol. The van der Waals surface area contributed by atoms with Gasteiger partial charge in [-0.1, -0.05) is 30.3 Å². The molecule has 1 aromatic heterocycles. The average Bonchev–Trinajstić information content (AvgIpc) is 2.89. The Bertz CT molecular complexity index is 704. The number of nitrogens with zero attached hydrogens (tertiary/aromatic N) is 2. The molecule has 4 heteroatoms. The van der Waals surface area contributed by atoms with Gasteiger partial charge in [0.25, 0.3) is 0 Å². The number of anilines is 1. The Morgan fingerprint density at radius 3 is 2.53 bits per heavy atom. The van der Waals surface area contributed by atoms with E-state index in [1.807, 2.05) is 36.4 Å². The number of halogens is 1. The van der Waals surface area contributed by atoms with E-state index < -0.39 is 0 Å². The van der Waals surface area contributed by atoms with E-state index in [-0.39, 0.29) is 5.82 Å². The van der Waals surface area contributed by atoms with E-state index in [0.717, 1.165) is 11.3 Å². The molecule has 0 radical (unpaired) electrons.